The first kappa shape index (κ1) is 31.6. The molecule has 0 bridgehead atoms. The van der Waals surface area contributed by atoms with E-state index in [0.717, 1.165) is 33.6 Å². The van der Waals surface area contributed by atoms with Crippen molar-refractivity contribution in [1.82, 2.24) is 9.97 Å². The molecule has 0 atom stereocenters. The van der Waals surface area contributed by atoms with Crippen molar-refractivity contribution in [3.8, 4) is 56.2 Å². The maximum Gasteiger partial charge on any atom is 0.160 e. The highest BCUT2D eigenvalue weighted by Gasteiger charge is 2.17. The molecule has 0 N–H and O–H groups in total. The molecule has 0 unspecified atom stereocenters. The van der Waals surface area contributed by atoms with Gasteiger partial charge in [-0.1, -0.05) is 158 Å². The van der Waals surface area contributed by atoms with Gasteiger partial charge in [0.1, 0.15) is 0 Å². The first-order valence-electron chi connectivity index (χ1n) is 18.6. The number of aromatic nitrogens is 2. The molecule has 0 saturated heterocycles. The van der Waals surface area contributed by atoms with Crippen LogP contribution in [0.4, 0.5) is 0 Å². The minimum Gasteiger partial charge on any atom is -0.228 e. The second-order valence-corrected chi connectivity index (χ2v) is 15.2. The SMILES string of the molecule is c1ccc(-c2nc(-c3cccc(-c4c5ccccc5cc5c4ccc4ccccc45)c3)cc(-c3cccc(-c4cccc5sc6ccccc6c45)c3)n2)cc1. The van der Waals surface area contributed by atoms with Crippen molar-refractivity contribution in [2.24, 2.45) is 0 Å². The van der Waals surface area contributed by atoms with Gasteiger partial charge in [0.15, 0.2) is 5.82 Å². The molecule has 55 heavy (non-hydrogen) atoms. The van der Waals surface area contributed by atoms with Crippen molar-refractivity contribution in [3.63, 3.8) is 0 Å². The van der Waals surface area contributed by atoms with Crippen LogP contribution in [0.2, 0.25) is 0 Å². The average molecular weight is 717 g/mol. The van der Waals surface area contributed by atoms with Gasteiger partial charge < -0.3 is 0 Å². The highest BCUT2D eigenvalue weighted by Crippen LogP contribution is 2.42. The van der Waals surface area contributed by atoms with E-state index in [1.54, 1.807) is 0 Å². The third kappa shape index (κ3) is 5.40. The molecule has 2 aromatic heterocycles. The lowest BCUT2D eigenvalue weighted by atomic mass is 9.89. The number of benzene rings is 9. The minimum absolute atomic E-state index is 0.705. The van der Waals surface area contributed by atoms with Crippen LogP contribution in [0.15, 0.2) is 194 Å². The topological polar surface area (TPSA) is 25.8 Å². The number of thiophene rings is 1. The van der Waals surface area contributed by atoms with Gasteiger partial charge in [0.2, 0.25) is 0 Å². The van der Waals surface area contributed by atoms with Crippen molar-refractivity contribution in [3.05, 3.63) is 194 Å². The maximum atomic E-state index is 5.24. The standard InChI is InChI=1S/C52H32N2S/c1-2-14-34(15-3-1)52-53-46(37-18-10-17-35(29-37)42-24-12-26-49-51(42)44-23-8-9-25-48(44)55-49)32-47(54-52)38-19-11-20-39(30-38)50-41-22-7-5-16-36(41)31-45-40-21-6-4-13-33(40)27-28-43(45)50/h1-32H. The number of hydrogen-bond donors (Lipinski definition) is 0. The Labute approximate surface area is 322 Å². The molecule has 0 spiro atoms. The maximum absolute atomic E-state index is 5.24. The van der Waals surface area contributed by atoms with E-state index in [9.17, 15) is 0 Å². The zero-order valence-electron chi connectivity index (χ0n) is 29.8. The average Bonchev–Trinajstić information content (AvgIpc) is 3.65. The zero-order chi connectivity index (χ0) is 36.3. The van der Waals surface area contributed by atoms with Crippen molar-refractivity contribution >= 4 is 63.8 Å². The number of fused-ring (bicyclic) bond motifs is 7. The molecule has 0 aliphatic rings. The van der Waals surface area contributed by atoms with Crippen LogP contribution in [-0.4, -0.2) is 9.97 Å². The summed E-state index contributed by atoms with van der Waals surface area (Å²) in [6.07, 6.45) is 0. The molecule has 0 aliphatic heterocycles. The van der Waals surface area contributed by atoms with E-state index in [-0.39, 0.29) is 0 Å². The molecule has 9 aromatic carbocycles. The van der Waals surface area contributed by atoms with Crippen molar-refractivity contribution in [2.75, 3.05) is 0 Å². The third-order valence-electron chi connectivity index (χ3n) is 10.8. The fourth-order valence-corrected chi connectivity index (χ4v) is 9.42. The Morgan fingerprint density at radius 2 is 0.927 bits per heavy atom. The van der Waals surface area contributed by atoms with Gasteiger partial charge in [0.05, 0.1) is 11.4 Å². The van der Waals surface area contributed by atoms with E-state index in [1.165, 1.54) is 69.2 Å². The summed E-state index contributed by atoms with van der Waals surface area (Å²) in [4.78, 5) is 10.5. The van der Waals surface area contributed by atoms with E-state index >= 15 is 0 Å². The molecule has 2 nitrogen and oxygen atoms in total. The van der Waals surface area contributed by atoms with Crippen LogP contribution in [0.3, 0.4) is 0 Å². The Morgan fingerprint density at radius 3 is 1.75 bits per heavy atom. The fourth-order valence-electron chi connectivity index (χ4n) is 8.29. The van der Waals surface area contributed by atoms with Gasteiger partial charge in [-0.05, 0) is 91.0 Å². The molecule has 3 heteroatoms. The third-order valence-corrected chi connectivity index (χ3v) is 12.0. The normalized spacial score (nSPS) is 11.6. The van der Waals surface area contributed by atoms with Gasteiger partial charge in [-0.2, -0.15) is 0 Å². The Bertz CT molecular complexity index is 3270. The molecule has 2 heterocycles. The summed E-state index contributed by atoms with van der Waals surface area (Å²) >= 11 is 1.85. The highest BCUT2D eigenvalue weighted by atomic mass is 32.1. The van der Waals surface area contributed by atoms with Crippen LogP contribution < -0.4 is 0 Å². The first-order chi connectivity index (χ1) is 27.2. The van der Waals surface area contributed by atoms with Crippen LogP contribution >= 0.6 is 11.3 Å². The Balaban J connectivity index is 1.09. The molecule has 0 saturated carbocycles. The highest BCUT2D eigenvalue weighted by molar-refractivity contribution is 7.25. The molecule has 256 valence electrons. The quantitative estimate of drug-likeness (QED) is 0.131. The van der Waals surface area contributed by atoms with E-state index in [2.05, 4.69) is 176 Å². The minimum atomic E-state index is 0.705. The molecule has 0 fully saturated rings. The van der Waals surface area contributed by atoms with E-state index in [1.807, 2.05) is 29.5 Å². The monoisotopic (exact) mass is 716 g/mol. The van der Waals surface area contributed by atoms with Gasteiger partial charge in [-0.3, -0.25) is 0 Å². The second-order valence-electron chi connectivity index (χ2n) is 14.1. The van der Waals surface area contributed by atoms with E-state index in [0.29, 0.717) is 5.82 Å². The van der Waals surface area contributed by atoms with Gasteiger partial charge in [-0.15, -0.1) is 11.3 Å². The van der Waals surface area contributed by atoms with Gasteiger partial charge in [-0.25, -0.2) is 9.97 Å². The van der Waals surface area contributed by atoms with Crippen LogP contribution in [0, 0.1) is 0 Å². The lowest BCUT2D eigenvalue weighted by Crippen LogP contribution is -1.96. The molecular weight excluding hydrogens is 685 g/mol. The van der Waals surface area contributed by atoms with Crippen molar-refractivity contribution in [1.29, 1.82) is 0 Å². The molecule has 11 aromatic rings. The van der Waals surface area contributed by atoms with Crippen LogP contribution in [0.5, 0.6) is 0 Å². The zero-order valence-corrected chi connectivity index (χ0v) is 30.6. The predicted molar refractivity (Wildman–Crippen MR) is 235 cm³/mol. The van der Waals surface area contributed by atoms with E-state index < -0.39 is 0 Å². The first-order valence-corrected chi connectivity index (χ1v) is 19.5. The predicted octanol–water partition coefficient (Wildman–Crippen LogP) is 14.6. The number of rotatable bonds is 5. The van der Waals surface area contributed by atoms with Crippen molar-refractivity contribution in [2.45, 2.75) is 0 Å². The summed E-state index contributed by atoms with van der Waals surface area (Å²) in [6.45, 7) is 0. The summed E-state index contributed by atoms with van der Waals surface area (Å²) in [5.74, 6) is 0.705. The molecule has 11 rings (SSSR count). The van der Waals surface area contributed by atoms with Crippen molar-refractivity contribution < 1.29 is 0 Å². The van der Waals surface area contributed by atoms with Crippen LogP contribution in [-0.2, 0) is 0 Å². The van der Waals surface area contributed by atoms with Crippen LogP contribution in [0.25, 0.3) is 109 Å². The summed E-state index contributed by atoms with van der Waals surface area (Å²) < 4.78 is 2.60. The fraction of sp³-hybridized carbons (Fsp3) is 0. The van der Waals surface area contributed by atoms with Gasteiger partial charge in [0.25, 0.3) is 0 Å². The lowest BCUT2D eigenvalue weighted by Gasteiger charge is -2.15. The summed E-state index contributed by atoms with van der Waals surface area (Å²) in [6, 6.07) is 69.8. The lowest BCUT2D eigenvalue weighted by molar-refractivity contribution is 1.18. The molecular formula is C52H32N2S. The summed E-state index contributed by atoms with van der Waals surface area (Å²) in [5, 5.41) is 10.1. The van der Waals surface area contributed by atoms with Gasteiger partial charge >= 0.3 is 0 Å². The van der Waals surface area contributed by atoms with Gasteiger partial charge in [0, 0.05) is 36.9 Å². The molecule has 0 amide bonds. The number of hydrogen-bond acceptors (Lipinski definition) is 3. The van der Waals surface area contributed by atoms with Crippen LogP contribution in [0.1, 0.15) is 0 Å². The number of nitrogens with zero attached hydrogens (tertiary/aromatic N) is 2. The second kappa shape index (κ2) is 12.9. The summed E-state index contributed by atoms with van der Waals surface area (Å²) in [7, 11) is 0. The molecule has 0 aliphatic carbocycles. The summed E-state index contributed by atoms with van der Waals surface area (Å²) in [5.41, 5.74) is 9.67. The Hall–Kier alpha value is -6.94. The molecule has 0 radical (unpaired) electrons. The largest absolute Gasteiger partial charge is 0.228 e. The Kier molecular flexibility index (Phi) is 7.39. The van der Waals surface area contributed by atoms with E-state index in [4.69, 9.17) is 9.97 Å². The smallest absolute Gasteiger partial charge is 0.160 e. The Morgan fingerprint density at radius 1 is 0.327 bits per heavy atom.